The fraction of sp³-hybridized carbons (Fsp3) is 0.241. The number of ether oxygens (including phenoxy) is 1. The van der Waals surface area contributed by atoms with Crippen molar-refractivity contribution >= 4 is 51.2 Å². The van der Waals surface area contributed by atoms with Crippen LogP contribution >= 0.6 is 22.7 Å². The molecule has 2 heterocycles. The van der Waals surface area contributed by atoms with Gasteiger partial charge in [-0.25, -0.2) is 4.98 Å². The zero-order valence-corrected chi connectivity index (χ0v) is 24.0. The zero-order chi connectivity index (χ0) is 28.6. The van der Waals surface area contributed by atoms with E-state index in [2.05, 4.69) is 15.6 Å². The van der Waals surface area contributed by atoms with Crippen LogP contribution in [0, 0.1) is 13.8 Å². The number of aryl methyl sites for hydroxylation is 2. The quantitative estimate of drug-likeness (QED) is 0.221. The third-order valence-electron chi connectivity index (χ3n) is 6.17. The summed E-state index contributed by atoms with van der Waals surface area (Å²) in [5, 5.41) is 20.0. The second kappa shape index (κ2) is 13.2. The van der Waals surface area contributed by atoms with Crippen LogP contribution in [0.3, 0.4) is 0 Å². The molecule has 40 heavy (non-hydrogen) atoms. The van der Waals surface area contributed by atoms with Crippen molar-refractivity contribution in [1.82, 2.24) is 10.3 Å². The Hall–Kier alpha value is -4.22. The van der Waals surface area contributed by atoms with E-state index in [4.69, 9.17) is 4.74 Å². The second-order valence-corrected chi connectivity index (χ2v) is 11.0. The van der Waals surface area contributed by atoms with Gasteiger partial charge in [0.2, 0.25) is 17.7 Å². The van der Waals surface area contributed by atoms with E-state index in [-0.39, 0.29) is 36.8 Å². The molecule has 2 aromatic heterocycles. The van der Waals surface area contributed by atoms with Gasteiger partial charge in [0.05, 0.1) is 13.7 Å². The van der Waals surface area contributed by atoms with Crippen molar-refractivity contribution in [3.05, 3.63) is 87.1 Å². The Morgan fingerprint density at radius 2 is 1.88 bits per heavy atom. The van der Waals surface area contributed by atoms with Crippen molar-refractivity contribution in [2.45, 2.75) is 39.3 Å². The van der Waals surface area contributed by atoms with E-state index in [0.717, 1.165) is 16.0 Å². The minimum absolute atomic E-state index is 0.0905. The maximum atomic E-state index is 13.9. The molecule has 2 aromatic carbocycles. The Balaban J connectivity index is 1.71. The van der Waals surface area contributed by atoms with Crippen molar-refractivity contribution in [2.24, 2.45) is 0 Å². The third kappa shape index (κ3) is 7.04. The van der Waals surface area contributed by atoms with Gasteiger partial charge in [-0.2, -0.15) is 0 Å². The van der Waals surface area contributed by atoms with Crippen LogP contribution in [-0.4, -0.2) is 34.9 Å². The van der Waals surface area contributed by atoms with Crippen LogP contribution in [0.5, 0.6) is 11.5 Å². The summed E-state index contributed by atoms with van der Waals surface area (Å²) in [5.41, 5.74) is 2.78. The van der Waals surface area contributed by atoms with Crippen LogP contribution in [0.2, 0.25) is 0 Å². The van der Waals surface area contributed by atoms with E-state index in [1.165, 1.54) is 40.7 Å². The summed E-state index contributed by atoms with van der Waals surface area (Å²) in [7, 11) is 1.42. The molecular weight excluding hydrogens is 548 g/mol. The predicted octanol–water partition coefficient (Wildman–Crippen LogP) is 5.35. The molecule has 0 fully saturated rings. The number of phenols is 1. The monoisotopic (exact) mass is 578 g/mol. The molecular formula is C29H30N4O5S2. The summed E-state index contributed by atoms with van der Waals surface area (Å²) in [5.74, 6) is -1.10. The van der Waals surface area contributed by atoms with E-state index in [1.54, 1.807) is 29.8 Å². The minimum Gasteiger partial charge on any atom is -0.504 e. The third-order valence-corrected chi connectivity index (χ3v) is 7.73. The number of rotatable bonds is 11. The number of anilines is 2. The molecule has 4 rings (SSSR count). The predicted molar refractivity (Wildman–Crippen MR) is 157 cm³/mol. The lowest BCUT2D eigenvalue weighted by Gasteiger charge is -2.33. The van der Waals surface area contributed by atoms with Crippen molar-refractivity contribution in [3.63, 3.8) is 0 Å². The van der Waals surface area contributed by atoms with Crippen LogP contribution in [-0.2, 0) is 20.9 Å². The topological polar surface area (TPSA) is 121 Å². The smallest absolute Gasteiger partial charge is 0.248 e. The molecule has 0 aliphatic rings. The van der Waals surface area contributed by atoms with Gasteiger partial charge in [0.15, 0.2) is 16.6 Å². The lowest BCUT2D eigenvalue weighted by Crippen LogP contribution is -2.44. The van der Waals surface area contributed by atoms with Gasteiger partial charge in [-0.3, -0.25) is 19.3 Å². The Morgan fingerprint density at radius 3 is 2.55 bits per heavy atom. The first-order valence-corrected chi connectivity index (χ1v) is 14.3. The van der Waals surface area contributed by atoms with Gasteiger partial charge in [0.1, 0.15) is 6.04 Å². The van der Waals surface area contributed by atoms with Gasteiger partial charge in [-0.05, 0) is 54.6 Å². The van der Waals surface area contributed by atoms with Crippen molar-refractivity contribution in [2.75, 3.05) is 17.3 Å². The van der Waals surface area contributed by atoms with Crippen LogP contribution in [0.4, 0.5) is 10.8 Å². The van der Waals surface area contributed by atoms with Gasteiger partial charge >= 0.3 is 0 Å². The molecule has 0 spiro atoms. The fourth-order valence-electron chi connectivity index (χ4n) is 4.27. The molecule has 3 amide bonds. The maximum absolute atomic E-state index is 13.9. The average Bonchev–Trinajstić information content (AvgIpc) is 3.65. The highest BCUT2D eigenvalue weighted by Gasteiger charge is 2.34. The SMILES string of the molecule is COc1cc(C(C(=O)NCc2cccs2)N(C(=O)CCC(=O)Nc2nccs2)c2ccc(C)cc2C)ccc1O. The summed E-state index contributed by atoms with van der Waals surface area (Å²) in [6.45, 7) is 4.10. The summed E-state index contributed by atoms with van der Waals surface area (Å²) in [4.78, 5) is 46.8. The highest BCUT2D eigenvalue weighted by atomic mass is 32.1. The van der Waals surface area contributed by atoms with Crippen LogP contribution < -0.4 is 20.3 Å². The summed E-state index contributed by atoms with van der Waals surface area (Å²) in [6, 6.07) is 12.9. The lowest BCUT2D eigenvalue weighted by molar-refractivity contribution is -0.127. The molecule has 0 saturated heterocycles. The number of carbonyl (C=O) groups is 3. The Kier molecular flexibility index (Phi) is 9.52. The van der Waals surface area contributed by atoms with E-state index in [9.17, 15) is 19.5 Å². The molecule has 0 aliphatic heterocycles. The molecule has 9 nitrogen and oxygen atoms in total. The summed E-state index contributed by atoms with van der Waals surface area (Å²) < 4.78 is 5.31. The number of thiazole rings is 1. The molecule has 3 N–H and O–H groups in total. The number of aromatic hydroxyl groups is 1. The number of methoxy groups -OCH3 is 1. The molecule has 11 heteroatoms. The number of carbonyl (C=O) groups excluding carboxylic acids is 3. The van der Waals surface area contributed by atoms with E-state index >= 15 is 0 Å². The van der Waals surface area contributed by atoms with Crippen LogP contribution in [0.25, 0.3) is 0 Å². The largest absolute Gasteiger partial charge is 0.504 e. The average molecular weight is 579 g/mol. The molecule has 208 valence electrons. The summed E-state index contributed by atoms with van der Waals surface area (Å²) >= 11 is 2.80. The van der Waals surface area contributed by atoms with Gasteiger partial charge < -0.3 is 20.5 Å². The zero-order valence-electron chi connectivity index (χ0n) is 22.3. The van der Waals surface area contributed by atoms with Crippen molar-refractivity contribution in [3.8, 4) is 11.5 Å². The van der Waals surface area contributed by atoms with E-state index in [1.807, 2.05) is 43.5 Å². The summed E-state index contributed by atoms with van der Waals surface area (Å²) in [6.07, 6.45) is 1.34. The van der Waals surface area contributed by atoms with Gasteiger partial charge in [-0.15, -0.1) is 22.7 Å². The first-order chi connectivity index (χ1) is 19.3. The molecule has 0 radical (unpaired) electrons. The van der Waals surface area contributed by atoms with Gasteiger partial charge in [0, 0.05) is 35.0 Å². The standard InChI is InChI=1S/C29H30N4O5S2/c1-18-6-8-22(19(2)15-18)33(26(36)11-10-25(35)32-29-30-12-14-40-29)27(20-7-9-23(34)24(16-20)38-3)28(37)31-17-21-5-4-13-39-21/h4-9,12-16,27,34H,10-11,17H2,1-3H3,(H,31,37)(H,30,32,35). The number of hydrogen-bond acceptors (Lipinski definition) is 8. The Labute approximate surface area is 240 Å². The lowest BCUT2D eigenvalue weighted by atomic mass is 9.99. The van der Waals surface area contributed by atoms with E-state index < -0.39 is 17.9 Å². The first kappa shape index (κ1) is 28.8. The number of nitrogens with one attached hydrogen (secondary N) is 2. The minimum atomic E-state index is -1.11. The second-order valence-electron chi connectivity index (χ2n) is 9.07. The number of amides is 3. The van der Waals surface area contributed by atoms with Crippen LogP contribution in [0.15, 0.2) is 65.5 Å². The van der Waals surface area contributed by atoms with Crippen molar-refractivity contribution in [1.29, 1.82) is 0 Å². The molecule has 0 saturated carbocycles. The van der Waals surface area contributed by atoms with E-state index in [0.29, 0.717) is 16.4 Å². The first-order valence-electron chi connectivity index (χ1n) is 12.5. The Bertz CT molecular complexity index is 1470. The maximum Gasteiger partial charge on any atom is 0.248 e. The molecule has 1 atom stereocenters. The number of hydrogen-bond donors (Lipinski definition) is 3. The normalized spacial score (nSPS) is 11.5. The van der Waals surface area contributed by atoms with Gasteiger partial charge in [-0.1, -0.05) is 29.8 Å². The Morgan fingerprint density at radius 1 is 1.05 bits per heavy atom. The number of benzene rings is 2. The molecule has 1 unspecified atom stereocenters. The highest BCUT2D eigenvalue weighted by molar-refractivity contribution is 7.13. The molecule has 4 aromatic rings. The van der Waals surface area contributed by atoms with Crippen molar-refractivity contribution < 1.29 is 24.2 Å². The number of nitrogens with zero attached hydrogens (tertiary/aromatic N) is 2. The molecule has 0 bridgehead atoms. The highest BCUT2D eigenvalue weighted by Crippen LogP contribution is 2.36. The van der Waals surface area contributed by atoms with Gasteiger partial charge in [0.25, 0.3) is 0 Å². The molecule has 0 aliphatic carbocycles. The number of thiophene rings is 1. The number of phenolic OH excluding ortho intramolecular Hbond substituents is 1. The number of aromatic nitrogens is 1. The fourth-order valence-corrected chi connectivity index (χ4v) is 5.46. The van der Waals surface area contributed by atoms with Crippen LogP contribution in [0.1, 0.15) is 40.5 Å².